The normalized spacial score (nSPS) is 25.3. The summed E-state index contributed by atoms with van der Waals surface area (Å²) in [6.07, 6.45) is 4.08. The van der Waals surface area contributed by atoms with Crippen molar-refractivity contribution in [1.82, 2.24) is 15.5 Å². The SMILES string of the molecule is Cc1cc2cn[nH]c2cc1C1CCC(N)CN1. The molecule has 4 heteroatoms. The van der Waals surface area contributed by atoms with E-state index in [0.29, 0.717) is 12.1 Å². The van der Waals surface area contributed by atoms with Gasteiger partial charge in [-0.25, -0.2) is 0 Å². The Morgan fingerprint density at radius 2 is 2.24 bits per heavy atom. The maximum Gasteiger partial charge on any atom is 0.0653 e. The Morgan fingerprint density at radius 1 is 1.35 bits per heavy atom. The summed E-state index contributed by atoms with van der Waals surface area (Å²) in [7, 11) is 0. The van der Waals surface area contributed by atoms with E-state index in [1.54, 1.807) is 0 Å². The highest BCUT2D eigenvalue weighted by Gasteiger charge is 2.20. The molecular weight excluding hydrogens is 212 g/mol. The van der Waals surface area contributed by atoms with E-state index in [1.807, 2.05) is 6.20 Å². The lowest BCUT2D eigenvalue weighted by atomic mass is 9.92. The maximum atomic E-state index is 5.91. The Bertz CT molecular complexity index is 523. The zero-order chi connectivity index (χ0) is 11.8. The van der Waals surface area contributed by atoms with Crippen molar-refractivity contribution in [2.75, 3.05) is 6.54 Å². The molecule has 2 atom stereocenters. The molecule has 0 radical (unpaired) electrons. The van der Waals surface area contributed by atoms with E-state index in [-0.39, 0.29) is 0 Å². The van der Waals surface area contributed by atoms with Gasteiger partial charge in [0.1, 0.15) is 0 Å². The molecule has 2 unspecified atom stereocenters. The first-order valence-electron chi connectivity index (χ1n) is 6.16. The molecule has 0 saturated carbocycles. The van der Waals surface area contributed by atoms with Crippen LogP contribution in [0, 0.1) is 6.92 Å². The molecule has 4 N–H and O–H groups in total. The van der Waals surface area contributed by atoms with Crippen molar-refractivity contribution in [2.24, 2.45) is 5.73 Å². The summed E-state index contributed by atoms with van der Waals surface area (Å²) in [5, 5.41) is 11.8. The molecule has 1 aromatic heterocycles. The van der Waals surface area contributed by atoms with Gasteiger partial charge in [-0.05, 0) is 43.0 Å². The van der Waals surface area contributed by atoms with E-state index in [1.165, 1.54) is 16.5 Å². The number of benzene rings is 1. The van der Waals surface area contributed by atoms with Crippen molar-refractivity contribution in [3.8, 4) is 0 Å². The van der Waals surface area contributed by atoms with Crippen LogP contribution in [-0.2, 0) is 0 Å². The fourth-order valence-corrected chi connectivity index (χ4v) is 2.64. The summed E-state index contributed by atoms with van der Waals surface area (Å²) in [6, 6.07) is 5.15. The van der Waals surface area contributed by atoms with Crippen molar-refractivity contribution < 1.29 is 0 Å². The number of aromatic nitrogens is 2. The molecule has 1 fully saturated rings. The van der Waals surface area contributed by atoms with Crippen molar-refractivity contribution in [3.63, 3.8) is 0 Å². The van der Waals surface area contributed by atoms with Crippen molar-refractivity contribution in [1.29, 1.82) is 0 Å². The predicted octanol–water partition coefficient (Wildman–Crippen LogP) is 1.62. The molecule has 4 nitrogen and oxygen atoms in total. The number of fused-ring (bicyclic) bond motifs is 1. The molecule has 3 rings (SSSR count). The minimum Gasteiger partial charge on any atom is -0.327 e. The summed E-state index contributed by atoms with van der Waals surface area (Å²) < 4.78 is 0. The van der Waals surface area contributed by atoms with Crippen LogP contribution in [0.4, 0.5) is 0 Å². The number of rotatable bonds is 1. The second-order valence-electron chi connectivity index (χ2n) is 4.96. The van der Waals surface area contributed by atoms with E-state index in [9.17, 15) is 0 Å². The average molecular weight is 230 g/mol. The lowest BCUT2D eigenvalue weighted by Crippen LogP contribution is -2.41. The van der Waals surface area contributed by atoms with Crippen molar-refractivity contribution >= 4 is 10.9 Å². The summed E-state index contributed by atoms with van der Waals surface area (Å²) >= 11 is 0. The molecule has 17 heavy (non-hydrogen) atoms. The fraction of sp³-hybridized carbons (Fsp3) is 0.462. The molecular formula is C13H18N4. The van der Waals surface area contributed by atoms with E-state index < -0.39 is 0 Å². The minimum atomic E-state index is 0.308. The summed E-state index contributed by atoms with van der Waals surface area (Å²) in [5.74, 6) is 0. The Labute approximate surface area is 101 Å². The van der Waals surface area contributed by atoms with Gasteiger partial charge in [-0.3, -0.25) is 5.10 Å². The maximum absolute atomic E-state index is 5.91. The van der Waals surface area contributed by atoms with E-state index in [4.69, 9.17) is 5.73 Å². The number of nitrogens with one attached hydrogen (secondary N) is 2. The highest BCUT2D eigenvalue weighted by atomic mass is 15.1. The molecule has 2 aromatic rings. The Hall–Kier alpha value is -1.39. The average Bonchev–Trinajstić information content (AvgIpc) is 2.76. The molecule has 1 aromatic carbocycles. The predicted molar refractivity (Wildman–Crippen MR) is 68.8 cm³/mol. The third-order valence-electron chi connectivity index (χ3n) is 3.65. The van der Waals surface area contributed by atoms with Gasteiger partial charge in [0.05, 0.1) is 11.7 Å². The van der Waals surface area contributed by atoms with Gasteiger partial charge in [-0.15, -0.1) is 0 Å². The standard InChI is InChI=1S/C13H18N4/c1-8-4-9-6-16-17-13(9)5-11(8)12-3-2-10(14)7-15-12/h4-6,10,12,15H,2-3,7,14H2,1H3,(H,16,17). The number of piperidine rings is 1. The minimum absolute atomic E-state index is 0.308. The first-order valence-corrected chi connectivity index (χ1v) is 6.16. The van der Waals surface area contributed by atoms with Crippen LogP contribution in [0.2, 0.25) is 0 Å². The monoisotopic (exact) mass is 230 g/mol. The van der Waals surface area contributed by atoms with Gasteiger partial charge in [0.2, 0.25) is 0 Å². The van der Waals surface area contributed by atoms with Crippen molar-refractivity contribution in [2.45, 2.75) is 31.8 Å². The first-order chi connectivity index (χ1) is 8.24. The molecule has 0 amide bonds. The van der Waals surface area contributed by atoms with Crippen LogP contribution in [0.1, 0.15) is 30.0 Å². The van der Waals surface area contributed by atoms with E-state index in [2.05, 4.69) is 34.6 Å². The van der Waals surface area contributed by atoms with E-state index >= 15 is 0 Å². The van der Waals surface area contributed by atoms with Crippen LogP contribution in [0.5, 0.6) is 0 Å². The van der Waals surface area contributed by atoms with Crippen LogP contribution in [0.25, 0.3) is 10.9 Å². The number of hydrogen-bond acceptors (Lipinski definition) is 3. The van der Waals surface area contributed by atoms with Gasteiger partial charge in [0.15, 0.2) is 0 Å². The van der Waals surface area contributed by atoms with Gasteiger partial charge < -0.3 is 11.1 Å². The fourth-order valence-electron chi connectivity index (χ4n) is 2.64. The second kappa shape index (κ2) is 4.13. The highest BCUT2D eigenvalue weighted by Crippen LogP contribution is 2.28. The van der Waals surface area contributed by atoms with Gasteiger partial charge in [0, 0.05) is 24.0 Å². The number of aromatic amines is 1. The zero-order valence-electron chi connectivity index (χ0n) is 10.0. The Kier molecular flexibility index (Phi) is 2.61. The number of nitrogens with zero attached hydrogens (tertiary/aromatic N) is 1. The smallest absolute Gasteiger partial charge is 0.0653 e. The topological polar surface area (TPSA) is 66.7 Å². The molecule has 1 aliphatic rings. The first kappa shape index (κ1) is 10.7. The molecule has 1 saturated heterocycles. The third-order valence-corrected chi connectivity index (χ3v) is 3.65. The number of nitrogens with two attached hydrogens (primary N) is 1. The Balaban J connectivity index is 1.96. The number of hydrogen-bond donors (Lipinski definition) is 3. The summed E-state index contributed by atoms with van der Waals surface area (Å²) in [4.78, 5) is 0. The van der Waals surface area contributed by atoms with Gasteiger partial charge in [-0.2, -0.15) is 5.10 Å². The zero-order valence-corrected chi connectivity index (χ0v) is 10.0. The third kappa shape index (κ3) is 1.94. The number of H-pyrrole nitrogens is 1. The lowest BCUT2D eigenvalue weighted by molar-refractivity contribution is 0.373. The van der Waals surface area contributed by atoms with Gasteiger partial charge in [0.25, 0.3) is 0 Å². The van der Waals surface area contributed by atoms with Crippen LogP contribution in [-0.4, -0.2) is 22.8 Å². The van der Waals surface area contributed by atoms with Crippen LogP contribution >= 0.6 is 0 Å². The van der Waals surface area contributed by atoms with Crippen LogP contribution in [0.15, 0.2) is 18.3 Å². The Morgan fingerprint density at radius 3 is 3.00 bits per heavy atom. The molecule has 90 valence electrons. The summed E-state index contributed by atoms with van der Waals surface area (Å²) in [6.45, 7) is 3.07. The summed E-state index contributed by atoms with van der Waals surface area (Å²) in [5.41, 5.74) is 9.72. The second-order valence-corrected chi connectivity index (χ2v) is 4.96. The van der Waals surface area contributed by atoms with E-state index in [0.717, 1.165) is 24.9 Å². The van der Waals surface area contributed by atoms with Gasteiger partial charge >= 0.3 is 0 Å². The lowest BCUT2D eigenvalue weighted by Gasteiger charge is -2.29. The van der Waals surface area contributed by atoms with Gasteiger partial charge in [-0.1, -0.05) is 0 Å². The highest BCUT2D eigenvalue weighted by molar-refractivity contribution is 5.79. The van der Waals surface area contributed by atoms with Crippen LogP contribution in [0.3, 0.4) is 0 Å². The van der Waals surface area contributed by atoms with Crippen LogP contribution < -0.4 is 11.1 Å². The number of aryl methyl sites for hydroxylation is 1. The molecule has 0 aliphatic carbocycles. The molecule has 0 bridgehead atoms. The largest absolute Gasteiger partial charge is 0.327 e. The molecule has 1 aliphatic heterocycles. The molecule has 2 heterocycles. The molecule has 0 spiro atoms. The quantitative estimate of drug-likeness (QED) is 0.697. The van der Waals surface area contributed by atoms with Crippen molar-refractivity contribution in [3.05, 3.63) is 29.5 Å².